The predicted molar refractivity (Wildman–Crippen MR) is 157 cm³/mol. The second-order valence-electron chi connectivity index (χ2n) is 11.4. The third-order valence-electron chi connectivity index (χ3n) is 6.56. The van der Waals surface area contributed by atoms with Gasteiger partial charge in [-0.1, -0.05) is 26.8 Å². The Morgan fingerprint density at radius 2 is 1.86 bits per heavy atom. The summed E-state index contributed by atoms with van der Waals surface area (Å²) in [7, 11) is -4.20. The van der Waals surface area contributed by atoms with E-state index in [9.17, 15) is 27.5 Å². The van der Waals surface area contributed by atoms with Crippen molar-refractivity contribution in [3.05, 3.63) is 59.5 Å². The third kappa shape index (κ3) is 8.38. The zero-order valence-electron chi connectivity index (χ0n) is 24.5. The lowest BCUT2D eigenvalue weighted by molar-refractivity contribution is -0.117. The van der Waals surface area contributed by atoms with Crippen LogP contribution >= 0.6 is 0 Å². The number of carbonyl (C=O) groups excluding carboxylic acids is 1. The minimum absolute atomic E-state index is 0.0999. The van der Waals surface area contributed by atoms with Crippen molar-refractivity contribution in [2.75, 3.05) is 44.7 Å². The van der Waals surface area contributed by atoms with Gasteiger partial charge in [-0.25, -0.2) is 22.3 Å². The van der Waals surface area contributed by atoms with Gasteiger partial charge in [-0.05, 0) is 48.7 Å². The standard InChI is InChI=1S/C29H36FN5O7S/c1-19-26(28(37)38)33-35(22-7-5-6-20(30)16-22)27(19)42-23-9-8-21(32-25(36)18-29(2,3)4)17-24(23)43(39,40)31-10-11-34-12-14-41-15-13-34/h5-9,16-17,31H,10-15,18H2,1-4H3,(H,32,36)(H,37,38). The van der Waals surface area contributed by atoms with Crippen molar-refractivity contribution < 1.29 is 37.0 Å². The van der Waals surface area contributed by atoms with Crippen LogP contribution in [0.5, 0.6) is 11.6 Å². The molecule has 1 aliphatic rings. The lowest BCUT2D eigenvalue weighted by atomic mass is 9.92. The van der Waals surface area contributed by atoms with E-state index in [0.29, 0.717) is 32.8 Å². The van der Waals surface area contributed by atoms with E-state index in [-0.39, 0.29) is 63.4 Å². The van der Waals surface area contributed by atoms with Gasteiger partial charge in [-0.2, -0.15) is 9.78 Å². The lowest BCUT2D eigenvalue weighted by Gasteiger charge is -2.26. The first-order chi connectivity index (χ1) is 20.2. The number of anilines is 1. The molecule has 1 fully saturated rings. The first-order valence-corrected chi connectivity index (χ1v) is 15.2. The summed E-state index contributed by atoms with van der Waals surface area (Å²) in [6.07, 6.45) is 0.203. The summed E-state index contributed by atoms with van der Waals surface area (Å²) in [5.41, 5.74) is -0.139. The van der Waals surface area contributed by atoms with Gasteiger partial charge < -0.3 is 19.9 Å². The van der Waals surface area contributed by atoms with E-state index >= 15 is 0 Å². The highest BCUT2D eigenvalue weighted by atomic mass is 32.2. The molecule has 0 spiro atoms. The maximum atomic E-state index is 14.1. The van der Waals surface area contributed by atoms with Crippen LogP contribution in [0, 0.1) is 18.2 Å². The number of rotatable bonds is 11. The van der Waals surface area contributed by atoms with E-state index in [4.69, 9.17) is 9.47 Å². The zero-order chi connectivity index (χ0) is 31.4. The van der Waals surface area contributed by atoms with Gasteiger partial charge in [0.25, 0.3) is 0 Å². The fraction of sp³-hybridized carbons (Fsp3) is 0.414. The minimum atomic E-state index is -4.20. The number of ether oxygens (including phenoxy) is 2. The molecule has 0 saturated carbocycles. The molecule has 0 atom stereocenters. The number of carboxylic acid groups (broad SMARTS) is 1. The molecule has 232 valence electrons. The fourth-order valence-corrected chi connectivity index (χ4v) is 5.67. The summed E-state index contributed by atoms with van der Waals surface area (Å²) in [6, 6.07) is 9.43. The Labute approximate surface area is 249 Å². The zero-order valence-corrected chi connectivity index (χ0v) is 25.3. The number of benzene rings is 2. The van der Waals surface area contributed by atoms with Crippen LogP contribution in [-0.4, -0.2) is 79.5 Å². The molecule has 0 aliphatic carbocycles. The van der Waals surface area contributed by atoms with Crippen molar-refractivity contribution >= 4 is 27.6 Å². The molecule has 1 aliphatic heterocycles. The second-order valence-corrected chi connectivity index (χ2v) is 13.1. The highest BCUT2D eigenvalue weighted by Gasteiger charge is 2.27. The van der Waals surface area contributed by atoms with Crippen LogP contribution in [0.1, 0.15) is 43.2 Å². The van der Waals surface area contributed by atoms with Gasteiger partial charge in [0.05, 0.1) is 18.9 Å². The molecule has 1 saturated heterocycles. The number of nitrogens with one attached hydrogen (secondary N) is 2. The lowest BCUT2D eigenvalue weighted by Crippen LogP contribution is -2.41. The van der Waals surface area contributed by atoms with Crippen molar-refractivity contribution in [3.8, 4) is 17.3 Å². The highest BCUT2D eigenvalue weighted by molar-refractivity contribution is 7.89. The number of amides is 1. The Bertz CT molecular complexity index is 1590. The molecule has 2 heterocycles. The van der Waals surface area contributed by atoms with Gasteiger partial charge >= 0.3 is 5.97 Å². The predicted octanol–water partition coefficient (Wildman–Crippen LogP) is 3.80. The average molecular weight is 618 g/mol. The summed E-state index contributed by atoms with van der Waals surface area (Å²) < 4.78 is 56.5. The molecule has 3 aromatic rings. The molecule has 2 aromatic carbocycles. The number of hydrogen-bond donors (Lipinski definition) is 3. The SMILES string of the molecule is Cc1c(C(=O)O)nn(-c2cccc(F)c2)c1Oc1ccc(NC(=O)CC(C)(C)C)cc1S(=O)(=O)NCCN1CCOCC1. The minimum Gasteiger partial charge on any atom is -0.476 e. The molecule has 12 nitrogen and oxygen atoms in total. The number of aromatic nitrogens is 2. The Morgan fingerprint density at radius 1 is 1.14 bits per heavy atom. The molecule has 0 radical (unpaired) electrons. The molecule has 1 aromatic heterocycles. The molecule has 1 amide bonds. The van der Waals surface area contributed by atoms with E-state index in [2.05, 4.69) is 20.0 Å². The Hall–Kier alpha value is -3.85. The number of carbonyl (C=O) groups is 2. The van der Waals surface area contributed by atoms with Crippen LogP contribution in [0.15, 0.2) is 47.4 Å². The summed E-state index contributed by atoms with van der Waals surface area (Å²) in [6.45, 7) is 10.2. The first-order valence-electron chi connectivity index (χ1n) is 13.7. The second kappa shape index (κ2) is 13.2. The molecule has 14 heteroatoms. The van der Waals surface area contributed by atoms with Crippen LogP contribution in [-0.2, 0) is 19.6 Å². The molecule has 0 bridgehead atoms. The number of sulfonamides is 1. The summed E-state index contributed by atoms with van der Waals surface area (Å²) in [4.78, 5) is 26.3. The molecule has 4 rings (SSSR count). The Kier molecular flexibility index (Phi) is 9.85. The summed E-state index contributed by atoms with van der Waals surface area (Å²) in [5.74, 6) is -2.48. The number of morpholine rings is 1. The van der Waals surface area contributed by atoms with Crippen LogP contribution < -0.4 is 14.8 Å². The number of halogens is 1. The third-order valence-corrected chi connectivity index (χ3v) is 8.04. The van der Waals surface area contributed by atoms with Crippen molar-refractivity contribution in [3.63, 3.8) is 0 Å². The fourth-order valence-electron chi connectivity index (χ4n) is 4.50. The van der Waals surface area contributed by atoms with E-state index < -0.39 is 21.8 Å². The quantitative estimate of drug-likeness (QED) is 0.292. The van der Waals surface area contributed by atoms with Crippen LogP contribution in [0.25, 0.3) is 5.69 Å². The van der Waals surface area contributed by atoms with Gasteiger partial charge in [0.15, 0.2) is 5.69 Å². The van der Waals surface area contributed by atoms with Gasteiger partial charge in [-0.15, -0.1) is 0 Å². The molecule has 0 unspecified atom stereocenters. The maximum absolute atomic E-state index is 14.1. The first kappa shape index (κ1) is 32.1. The molecule has 43 heavy (non-hydrogen) atoms. The number of nitrogens with zero attached hydrogens (tertiary/aromatic N) is 3. The Morgan fingerprint density at radius 3 is 2.51 bits per heavy atom. The van der Waals surface area contributed by atoms with Gasteiger partial charge in [-0.3, -0.25) is 9.69 Å². The van der Waals surface area contributed by atoms with Crippen molar-refractivity contribution in [1.29, 1.82) is 0 Å². The van der Waals surface area contributed by atoms with Crippen molar-refractivity contribution in [2.45, 2.75) is 39.0 Å². The van der Waals surface area contributed by atoms with E-state index in [1.807, 2.05) is 20.8 Å². The van der Waals surface area contributed by atoms with Crippen LogP contribution in [0.4, 0.5) is 10.1 Å². The monoisotopic (exact) mass is 617 g/mol. The van der Waals surface area contributed by atoms with Crippen LogP contribution in [0.3, 0.4) is 0 Å². The number of aromatic carboxylic acids is 1. The maximum Gasteiger partial charge on any atom is 0.356 e. The summed E-state index contributed by atoms with van der Waals surface area (Å²) in [5, 5.41) is 16.5. The van der Waals surface area contributed by atoms with Gasteiger partial charge in [0.1, 0.15) is 16.5 Å². The largest absolute Gasteiger partial charge is 0.476 e. The normalized spacial score (nSPS) is 14.4. The van der Waals surface area contributed by atoms with Crippen molar-refractivity contribution in [1.82, 2.24) is 19.4 Å². The van der Waals surface area contributed by atoms with Gasteiger partial charge in [0, 0.05) is 43.9 Å². The van der Waals surface area contributed by atoms with E-state index in [0.717, 1.165) is 10.7 Å². The van der Waals surface area contributed by atoms with Gasteiger partial charge in [0.2, 0.25) is 21.8 Å². The smallest absolute Gasteiger partial charge is 0.356 e. The average Bonchev–Trinajstić information content (AvgIpc) is 3.25. The van der Waals surface area contributed by atoms with Crippen molar-refractivity contribution in [2.24, 2.45) is 5.41 Å². The topological polar surface area (TPSA) is 152 Å². The summed E-state index contributed by atoms with van der Waals surface area (Å²) >= 11 is 0. The highest BCUT2D eigenvalue weighted by Crippen LogP contribution is 2.35. The van der Waals surface area contributed by atoms with E-state index in [1.165, 1.54) is 43.3 Å². The number of hydrogen-bond acceptors (Lipinski definition) is 8. The van der Waals surface area contributed by atoms with Crippen LogP contribution in [0.2, 0.25) is 0 Å². The molecule has 3 N–H and O–H groups in total. The van der Waals surface area contributed by atoms with E-state index in [1.54, 1.807) is 0 Å². The Balaban J connectivity index is 1.72. The molecular weight excluding hydrogens is 581 g/mol. The number of carboxylic acids is 1. The molecular formula is C29H36FN5O7S.